The SMILES string of the molecule is NCCC1NC(=O)N(Cc2ccccc2)C1=O. The Morgan fingerprint density at radius 1 is 1.24 bits per heavy atom. The molecule has 1 aromatic rings. The Hall–Kier alpha value is -1.88. The first kappa shape index (κ1) is 11.6. The molecule has 0 aliphatic carbocycles. The molecule has 0 bridgehead atoms. The summed E-state index contributed by atoms with van der Waals surface area (Å²) in [7, 11) is 0. The maximum atomic E-state index is 11.9. The summed E-state index contributed by atoms with van der Waals surface area (Å²) >= 11 is 0. The summed E-state index contributed by atoms with van der Waals surface area (Å²) in [6.07, 6.45) is 0.482. The van der Waals surface area contributed by atoms with E-state index in [1.165, 1.54) is 4.90 Å². The first-order valence-corrected chi connectivity index (χ1v) is 5.58. The number of benzene rings is 1. The monoisotopic (exact) mass is 233 g/mol. The van der Waals surface area contributed by atoms with Crippen molar-refractivity contribution in [3.8, 4) is 0 Å². The number of hydrogen-bond donors (Lipinski definition) is 2. The van der Waals surface area contributed by atoms with Gasteiger partial charge in [0.2, 0.25) is 0 Å². The van der Waals surface area contributed by atoms with Gasteiger partial charge in [0.25, 0.3) is 5.91 Å². The summed E-state index contributed by atoms with van der Waals surface area (Å²) in [6, 6.07) is 8.63. The molecular formula is C12H15N3O2. The quantitative estimate of drug-likeness (QED) is 0.742. The van der Waals surface area contributed by atoms with Crippen molar-refractivity contribution >= 4 is 11.9 Å². The third kappa shape index (κ3) is 2.45. The first-order chi connectivity index (χ1) is 8.22. The van der Waals surface area contributed by atoms with E-state index in [2.05, 4.69) is 5.32 Å². The maximum Gasteiger partial charge on any atom is 0.325 e. The van der Waals surface area contributed by atoms with Crippen LogP contribution in [-0.2, 0) is 11.3 Å². The Labute approximate surface area is 99.6 Å². The lowest BCUT2D eigenvalue weighted by Crippen LogP contribution is -2.32. The third-order valence-corrected chi connectivity index (χ3v) is 2.75. The van der Waals surface area contributed by atoms with E-state index in [4.69, 9.17) is 5.73 Å². The van der Waals surface area contributed by atoms with Gasteiger partial charge in [-0.2, -0.15) is 0 Å². The van der Waals surface area contributed by atoms with Gasteiger partial charge >= 0.3 is 6.03 Å². The van der Waals surface area contributed by atoms with Crippen LogP contribution in [0.2, 0.25) is 0 Å². The Morgan fingerprint density at radius 2 is 1.94 bits per heavy atom. The molecule has 1 unspecified atom stereocenters. The largest absolute Gasteiger partial charge is 0.330 e. The molecule has 1 saturated heterocycles. The summed E-state index contributed by atoms with van der Waals surface area (Å²) in [6.45, 7) is 0.697. The normalized spacial score (nSPS) is 19.6. The fourth-order valence-corrected chi connectivity index (χ4v) is 1.85. The van der Waals surface area contributed by atoms with Crippen LogP contribution < -0.4 is 11.1 Å². The summed E-state index contributed by atoms with van der Waals surface area (Å²) in [4.78, 5) is 24.8. The molecule has 0 spiro atoms. The van der Waals surface area contributed by atoms with Crippen LogP contribution in [0.1, 0.15) is 12.0 Å². The number of amides is 3. The van der Waals surface area contributed by atoms with Crippen molar-refractivity contribution in [3.63, 3.8) is 0 Å². The van der Waals surface area contributed by atoms with Crippen LogP contribution in [0.25, 0.3) is 0 Å². The van der Waals surface area contributed by atoms with Crippen LogP contribution in [0, 0.1) is 0 Å². The molecule has 3 amide bonds. The lowest BCUT2D eigenvalue weighted by molar-refractivity contribution is -0.127. The number of nitrogens with one attached hydrogen (secondary N) is 1. The number of nitrogens with zero attached hydrogens (tertiary/aromatic N) is 1. The standard InChI is InChI=1S/C12H15N3O2/c13-7-6-10-11(16)15(12(17)14-10)8-9-4-2-1-3-5-9/h1-5,10H,6-8,13H2,(H,14,17). The van der Waals surface area contributed by atoms with Crippen LogP contribution in [0.3, 0.4) is 0 Å². The Morgan fingerprint density at radius 3 is 2.59 bits per heavy atom. The van der Waals surface area contributed by atoms with Crippen molar-refractivity contribution in [2.24, 2.45) is 5.73 Å². The average molecular weight is 233 g/mol. The van der Waals surface area contributed by atoms with Crippen molar-refractivity contribution in [2.45, 2.75) is 19.0 Å². The van der Waals surface area contributed by atoms with E-state index in [1.54, 1.807) is 0 Å². The Kier molecular flexibility index (Phi) is 3.39. The minimum atomic E-state index is -0.462. The van der Waals surface area contributed by atoms with Crippen LogP contribution in [0.15, 0.2) is 30.3 Å². The molecule has 1 heterocycles. The predicted octanol–water partition coefficient (Wildman–Crippen LogP) is 0.456. The van der Waals surface area contributed by atoms with Crippen LogP contribution in [-0.4, -0.2) is 29.4 Å². The molecule has 0 radical (unpaired) electrons. The summed E-state index contributed by atoms with van der Waals surface area (Å²) < 4.78 is 0. The maximum absolute atomic E-state index is 11.9. The van der Waals surface area contributed by atoms with Gasteiger partial charge in [-0.15, -0.1) is 0 Å². The molecule has 5 heteroatoms. The van der Waals surface area contributed by atoms with E-state index in [1.807, 2.05) is 30.3 Å². The zero-order chi connectivity index (χ0) is 12.3. The zero-order valence-electron chi connectivity index (χ0n) is 9.43. The molecule has 17 heavy (non-hydrogen) atoms. The third-order valence-electron chi connectivity index (χ3n) is 2.75. The van der Waals surface area contributed by atoms with Crippen molar-refractivity contribution in [1.82, 2.24) is 10.2 Å². The summed E-state index contributed by atoms with van der Waals surface area (Å²) in [5.74, 6) is -0.190. The molecule has 1 fully saturated rings. The minimum absolute atomic E-state index is 0.190. The second kappa shape index (κ2) is 4.97. The van der Waals surface area contributed by atoms with Crippen LogP contribution >= 0.6 is 0 Å². The van der Waals surface area contributed by atoms with Gasteiger partial charge in [0.05, 0.1) is 6.54 Å². The van der Waals surface area contributed by atoms with Gasteiger partial charge in [-0.25, -0.2) is 4.79 Å². The molecule has 1 aromatic carbocycles. The first-order valence-electron chi connectivity index (χ1n) is 5.58. The number of urea groups is 1. The molecule has 1 aliphatic heterocycles. The van der Waals surface area contributed by atoms with E-state index < -0.39 is 6.04 Å². The van der Waals surface area contributed by atoms with Gasteiger partial charge in [-0.3, -0.25) is 9.69 Å². The highest BCUT2D eigenvalue weighted by Gasteiger charge is 2.36. The molecule has 1 aliphatic rings. The molecule has 5 nitrogen and oxygen atoms in total. The fraction of sp³-hybridized carbons (Fsp3) is 0.333. The molecule has 90 valence electrons. The van der Waals surface area contributed by atoms with E-state index in [0.29, 0.717) is 19.5 Å². The number of carbonyl (C=O) groups excluding carboxylic acids is 2. The summed E-state index contributed by atoms with van der Waals surface area (Å²) in [5, 5.41) is 2.63. The number of rotatable bonds is 4. The lowest BCUT2D eigenvalue weighted by atomic mass is 10.2. The Bertz CT molecular complexity index is 419. The fourth-order valence-electron chi connectivity index (χ4n) is 1.85. The minimum Gasteiger partial charge on any atom is -0.330 e. The van der Waals surface area contributed by atoms with E-state index in [9.17, 15) is 9.59 Å². The zero-order valence-corrected chi connectivity index (χ0v) is 9.43. The van der Waals surface area contributed by atoms with E-state index >= 15 is 0 Å². The van der Waals surface area contributed by atoms with Crippen molar-refractivity contribution in [3.05, 3.63) is 35.9 Å². The average Bonchev–Trinajstić information content (AvgIpc) is 2.59. The molecule has 3 N–H and O–H groups in total. The topological polar surface area (TPSA) is 75.4 Å². The highest BCUT2D eigenvalue weighted by atomic mass is 16.2. The summed E-state index contributed by atoms with van der Waals surface area (Å²) in [5.41, 5.74) is 6.33. The van der Waals surface area contributed by atoms with Crippen molar-refractivity contribution in [1.29, 1.82) is 0 Å². The Balaban J connectivity index is 2.07. The van der Waals surface area contributed by atoms with Crippen LogP contribution in [0.4, 0.5) is 4.79 Å². The number of hydrogen-bond acceptors (Lipinski definition) is 3. The van der Waals surface area contributed by atoms with Crippen molar-refractivity contribution < 1.29 is 9.59 Å². The highest BCUT2D eigenvalue weighted by Crippen LogP contribution is 2.13. The number of carbonyl (C=O) groups is 2. The molecule has 1 atom stereocenters. The lowest BCUT2D eigenvalue weighted by Gasteiger charge is -2.12. The molecule has 0 saturated carbocycles. The van der Waals surface area contributed by atoms with Gasteiger partial charge in [-0.1, -0.05) is 30.3 Å². The second-order valence-corrected chi connectivity index (χ2v) is 3.99. The number of nitrogens with two attached hydrogens (primary N) is 1. The highest BCUT2D eigenvalue weighted by molar-refractivity contribution is 6.04. The van der Waals surface area contributed by atoms with Gasteiger partial charge in [0.1, 0.15) is 6.04 Å². The van der Waals surface area contributed by atoms with Gasteiger partial charge in [0, 0.05) is 0 Å². The van der Waals surface area contributed by atoms with Crippen molar-refractivity contribution in [2.75, 3.05) is 6.54 Å². The van der Waals surface area contributed by atoms with E-state index in [-0.39, 0.29) is 11.9 Å². The molecule has 2 rings (SSSR count). The second-order valence-electron chi connectivity index (χ2n) is 3.99. The predicted molar refractivity (Wildman–Crippen MR) is 63.0 cm³/mol. The smallest absolute Gasteiger partial charge is 0.325 e. The van der Waals surface area contributed by atoms with Gasteiger partial charge in [0.15, 0.2) is 0 Å². The number of imide groups is 1. The molecular weight excluding hydrogens is 218 g/mol. The van der Waals surface area contributed by atoms with Gasteiger partial charge < -0.3 is 11.1 Å². The molecule has 0 aromatic heterocycles. The van der Waals surface area contributed by atoms with Gasteiger partial charge in [-0.05, 0) is 18.5 Å². The van der Waals surface area contributed by atoms with E-state index in [0.717, 1.165) is 5.56 Å². The van der Waals surface area contributed by atoms with Crippen LogP contribution in [0.5, 0.6) is 0 Å².